The number of nitrogens with one attached hydrogen (secondary N) is 1. The fourth-order valence-corrected chi connectivity index (χ4v) is 1.51. The van der Waals surface area contributed by atoms with Crippen LogP contribution in [0.4, 0.5) is 0 Å². The third-order valence-corrected chi connectivity index (χ3v) is 2.32. The molecule has 0 spiro atoms. The standard InChI is InChI=1S/C11H12N2O3/c1-16-5-4-10-12-8-3-2-7(11(14)15)6-9(8)13-10/h2-3,6H,4-5H2,1H3,(H,12,13)(H,14,15). The summed E-state index contributed by atoms with van der Waals surface area (Å²) < 4.78 is 4.95. The van der Waals surface area contributed by atoms with E-state index >= 15 is 0 Å². The summed E-state index contributed by atoms with van der Waals surface area (Å²) in [4.78, 5) is 18.2. The number of H-pyrrole nitrogens is 1. The van der Waals surface area contributed by atoms with Crippen molar-refractivity contribution in [2.45, 2.75) is 6.42 Å². The van der Waals surface area contributed by atoms with E-state index in [-0.39, 0.29) is 5.56 Å². The number of aromatic nitrogens is 2. The van der Waals surface area contributed by atoms with E-state index in [0.29, 0.717) is 13.0 Å². The minimum Gasteiger partial charge on any atom is -0.478 e. The molecule has 1 aromatic heterocycles. The Hall–Kier alpha value is -1.88. The van der Waals surface area contributed by atoms with Crippen molar-refractivity contribution < 1.29 is 14.6 Å². The Labute approximate surface area is 92.1 Å². The lowest BCUT2D eigenvalue weighted by molar-refractivity contribution is 0.0697. The molecule has 1 aromatic carbocycles. The third kappa shape index (κ3) is 2.04. The van der Waals surface area contributed by atoms with E-state index in [9.17, 15) is 4.79 Å². The fourth-order valence-electron chi connectivity index (χ4n) is 1.51. The predicted molar refractivity (Wildman–Crippen MR) is 58.6 cm³/mol. The highest BCUT2D eigenvalue weighted by Crippen LogP contribution is 2.14. The van der Waals surface area contributed by atoms with Crippen LogP contribution in [0, 0.1) is 0 Å². The molecule has 16 heavy (non-hydrogen) atoms. The summed E-state index contributed by atoms with van der Waals surface area (Å²) in [5.74, 6) is -0.130. The number of carbonyl (C=O) groups is 1. The number of aromatic amines is 1. The van der Waals surface area contributed by atoms with Gasteiger partial charge in [0.15, 0.2) is 0 Å². The first-order valence-corrected chi connectivity index (χ1v) is 4.91. The van der Waals surface area contributed by atoms with Crippen LogP contribution >= 0.6 is 0 Å². The number of hydrogen-bond donors (Lipinski definition) is 2. The van der Waals surface area contributed by atoms with Crippen molar-refractivity contribution >= 4 is 17.0 Å². The van der Waals surface area contributed by atoms with E-state index in [2.05, 4.69) is 9.97 Å². The van der Waals surface area contributed by atoms with Gasteiger partial charge in [-0.05, 0) is 18.2 Å². The maximum Gasteiger partial charge on any atom is 0.335 e. The van der Waals surface area contributed by atoms with Gasteiger partial charge in [0.25, 0.3) is 0 Å². The third-order valence-electron chi connectivity index (χ3n) is 2.32. The molecule has 1 heterocycles. The average molecular weight is 220 g/mol. The van der Waals surface area contributed by atoms with Gasteiger partial charge in [-0.25, -0.2) is 9.78 Å². The van der Waals surface area contributed by atoms with Crippen molar-refractivity contribution in [3.63, 3.8) is 0 Å². The summed E-state index contributed by atoms with van der Waals surface area (Å²) in [6.07, 6.45) is 0.688. The minimum atomic E-state index is -0.935. The topological polar surface area (TPSA) is 75.2 Å². The number of rotatable bonds is 4. The summed E-state index contributed by atoms with van der Waals surface area (Å²) in [6.45, 7) is 0.589. The fraction of sp³-hybridized carbons (Fsp3) is 0.273. The van der Waals surface area contributed by atoms with Crippen LogP contribution in [0.25, 0.3) is 11.0 Å². The number of ether oxygens (including phenoxy) is 1. The Bertz CT molecular complexity index is 519. The molecule has 0 fully saturated rings. The number of carboxylic acids is 1. The largest absolute Gasteiger partial charge is 0.478 e. The van der Waals surface area contributed by atoms with Crippen molar-refractivity contribution in [3.8, 4) is 0 Å². The smallest absolute Gasteiger partial charge is 0.335 e. The van der Waals surface area contributed by atoms with Crippen LogP contribution in [0.1, 0.15) is 16.2 Å². The second-order valence-corrected chi connectivity index (χ2v) is 3.46. The van der Waals surface area contributed by atoms with Gasteiger partial charge < -0.3 is 14.8 Å². The van der Waals surface area contributed by atoms with Crippen molar-refractivity contribution in [1.29, 1.82) is 0 Å². The van der Waals surface area contributed by atoms with Crippen LogP contribution in [0.3, 0.4) is 0 Å². The van der Waals surface area contributed by atoms with Gasteiger partial charge in [0.1, 0.15) is 5.82 Å². The zero-order valence-electron chi connectivity index (χ0n) is 8.86. The Morgan fingerprint density at radius 1 is 1.56 bits per heavy atom. The lowest BCUT2D eigenvalue weighted by atomic mass is 10.2. The van der Waals surface area contributed by atoms with Crippen molar-refractivity contribution in [2.75, 3.05) is 13.7 Å². The number of nitrogens with zero attached hydrogens (tertiary/aromatic N) is 1. The van der Waals surface area contributed by atoms with Crippen LogP contribution in [-0.4, -0.2) is 34.8 Å². The molecule has 0 bridgehead atoms. The lowest BCUT2D eigenvalue weighted by Crippen LogP contribution is -1.95. The van der Waals surface area contributed by atoms with E-state index in [1.165, 1.54) is 0 Å². The molecule has 2 N–H and O–H groups in total. The molecular weight excluding hydrogens is 208 g/mol. The van der Waals surface area contributed by atoms with Crippen molar-refractivity contribution in [3.05, 3.63) is 29.6 Å². The molecule has 0 aliphatic rings. The number of aromatic carboxylic acids is 1. The molecule has 0 saturated heterocycles. The van der Waals surface area contributed by atoms with Crippen LogP contribution < -0.4 is 0 Å². The summed E-state index contributed by atoms with van der Waals surface area (Å²) in [6, 6.07) is 4.83. The van der Waals surface area contributed by atoms with Crippen LogP contribution in [0.2, 0.25) is 0 Å². The van der Waals surface area contributed by atoms with Crippen molar-refractivity contribution in [1.82, 2.24) is 9.97 Å². The molecule has 0 amide bonds. The highest BCUT2D eigenvalue weighted by atomic mass is 16.5. The first-order chi connectivity index (χ1) is 7.70. The lowest BCUT2D eigenvalue weighted by Gasteiger charge is -1.93. The summed E-state index contributed by atoms with van der Waals surface area (Å²) in [5.41, 5.74) is 1.77. The maximum absolute atomic E-state index is 10.8. The Morgan fingerprint density at radius 2 is 2.38 bits per heavy atom. The highest BCUT2D eigenvalue weighted by Gasteiger charge is 2.07. The van der Waals surface area contributed by atoms with Gasteiger partial charge in [-0.1, -0.05) is 0 Å². The molecule has 2 aromatic rings. The monoisotopic (exact) mass is 220 g/mol. The van der Waals surface area contributed by atoms with Crippen LogP contribution in [0.15, 0.2) is 18.2 Å². The second-order valence-electron chi connectivity index (χ2n) is 3.46. The average Bonchev–Trinajstić information content (AvgIpc) is 2.67. The highest BCUT2D eigenvalue weighted by molar-refractivity contribution is 5.92. The molecule has 0 aliphatic carbocycles. The van der Waals surface area contributed by atoms with Gasteiger partial charge >= 0.3 is 5.97 Å². The zero-order valence-corrected chi connectivity index (χ0v) is 8.86. The van der Waals surface area contributed by atoms with E-state index in [0.717, 1.165) is 16.9 Å². The summed E-state index contributed by atoms with van der Waals surface area (Å²) in [5, 5.41) is 8.84. The van der Waals surface area contributed by atoms with E-state index < -0.39 is 5.97 Å². The first kappa shape index (κ1) is 10.6. The molecule has 5 nitrogen and oxygen atoms in total. The number of carboxylic acid groups (broad SMARTS) is 1. The number of imidazole rings is 1. The molecule has 84 valence electrons. The van der Waals surface area contributed by atoms with Crippen molar-refractivity contribution in [2.24, 2.45) is 0 Å². The van der Waals surface area contributed by atoms with Gasteiger partial charge in [-0.2, -0.15) is 0 Å². The molecule has 0 unspecified atom stereocenters. The normalized spacial score (nSPS) is 10.8. The molecule has 0 saturated carbocycles. The molecule has 2 rings (SSSR count). The maximum atomic E-state index is 10.8. The minimum absolute atomic E-state index is 0.259. The van der Waals surface area contributed by atoms with Crippen LogP contribution in [0.5, 0.6) is 0 Å². The van der Waals surface area contributed by atoms with E-state index in [1.807, 2.05) is 0 Å². The first-order valence-electron chi connectivity index (χ1n) is 4.91. The number of benzene rings is 1. The van der Waals surface area contributed by atoms with E-state index in [4.69, 9.17) is 9.84 Å². The molecule has 0 radical (unpaired) electrons. The van der Waals surface area contributed by atoms with Gasteiger partial charge in [-0.3, -0.25) is 0 Å². The van der Waals surface area contributed by atoms with Gasteiger partial charge in [0, 0.05) is 13.5 Å². The Morgan fingerprint density at radius 3 is 3.06 bits per heavy atom. The van der Waals surface area contributed by atoms with Gasteiger partial charge in [0.05, 0.1) is 23.2 Å². The molecule has 0 atom stereocenters. The summed E-state index contributed by atoms with van der Waals surface area (Å²) in [7, 11) is 1.63. The van der Waals surface area contributed by atoms with Gasteiger partial charge in [-0.15, -0.1) is 0 Å². The Balaban J connectivity index is 2.34. The Kier molecular flexibility index (Phi) is 2.87. The number of methoxy groups -OCH3 is 1. The van der Waals surface area contributed by atoms with Crippen LogP contribution in [-0.2, 0) is 11.2 Å². The van der Waals surface area contributed by atoms with E-state index in [1.54, 1.807) is 25.3 Å². The molecule has 0 aliphatic heterocycles. The summed E-state index contributed by atoms with van der Waals surface area (Å²) >= 11 is 0. The quantitative estimate of drug-likeness (QED) is 0.817. The molecule has 5 heteroatoms. The zero-order chi connectivity index (χ0) is 11.5. The number of fused-ring (bicyclic) bond motifs is 1. The molecular formula is C11H12N2O3. The predicted octanol–water partition coefficient (Wildman–Crippen LogP) is 1.45. The number of hydrogen-bond acceptors (Lipinski definition) is 3. The second kappa shape index (κ2) is 4.32. The van der Waals surface area contributed by atoms with Gasteiger partial charge in [0.2, 0.25) is 0 Å². The SMILES string of the molecule is COCCc1nc2ccc(C(=O)O)cc2[nH]1.